The number of nitrogens with zero attached hydrogens (tertiary/aromatic N) is 1. The van der Waals surface area contributed by atoms with Crippen LogP contribution in [0.4, 0.5) is 0 Å². The molecule has 0 aliphatic rings. The van der Waals surface area contributed by atoms with Gasteiger partial charge in [-0.1, -0.05) is 39.3 Å². The summed E-state index contributed by atoms with van der Waals surface area (Å²) in [5.74, 6) is 0.707. The van der Waals surface area contributed by atoms with Crippen LogP contribution in [0.3, 0.4) is 0 Å². The van der Waals surface area contributed by atoms with Crippen LogP contribution in [-0.4, -0.2) is 17.6 Å². The van der Waals surface area contributed by atoms with E-state index in [-0.39, 0.29) is 0 Å². The average molecular weight is 290 g/mol. The summed E-state index contributed by atoms with van der Waals surface area (Å²) in [7, 11) is 0. The number of hydrogen-bond donors (Lipinski definition) is 1. The Hall–Kier alpha value is -0.930. The van der Waals surface area contributed by atoms with Crippen LogP contribution in [0, 0.1) is 5.92 Å². The number of hydrogen-bond acceptors (Lipinski definition) is 3. The summed E-state index contributed by atoms with van der Waals surface area (Å²) < 4.78 is 1.31. The highest BCUT2D eigenvalue weighted by molar-refractivity contribution is 7.18. The quantitative estimate of drug-likeness (QED) is 0.766. The lowest BCUT2D eigenvalue weighted by Crippen LogP contribution is -2.37. The van der Waals surface area contributed by atoms with E-state index in [0.29, 0.717) is 12.0 Å². The molecule has 0 spiro atoms. The third-order valence-electron chi connectivity index (χ3n) is 3.82. The van der Waals surface area contributed by atoms with Gasteiger partial charge in [0.25, 0.3) is 0 Å². The van der Waals surface area contributed by atoms with Crippen LogP contribution in [-0.2, 0) is 6.42 Å². The van der Waals surface area contributed by atoms with E-state index >= 15 is 0 Å². The number of rotatable bonds is 8. The molecule has 0 amide bonds. The van der Waals surface area contributed by atoms with Crippen molar-refractivity contribution < 1.29 is 0 Å². The lowest BCUT2D eigenvalue weighted by Gasteiger charge is -2.24. The lowest BCUT2D eigenvalue weighted by molar-refractivity contribution is 0.352. The summed E-state index contributed by atoms with van der Waals surface area (Å²) in [6.07, 6.45) is 4.79. The molecule has 0 saturated heterocycles. The van der Waals surface area contributed by atoms with Crippen LogP contribution in [0.5, 0.6) is 0 Å². The first kappa shape index (κ1) is 15.5. The summed E-state index contributed by atoms with van der Waals surface area (Å²) in [6, 6.07) is 8.99. The zero-order valence-corrected chi connectivity index (χ0v) is 13.7. The highest BCUT2D eigenvalue weighted by atomic mass is 32.1. The molecule has 0 aliphatic carbocycles. The van der Waals surface area contributed by atoms with Gasteiger partial charge in [-0.25, -0.2) is 4.98 Å². The topological polar surface area (TPSA) is 24.9 Å². The fourth-order valence-corrected chi connectivity index (χ4v) is 3.68. The van der Waals surface area contributed by atoms with E-state index in [4.69, 9.17) is 4.98 Å². The Labute approximate surface area is 126 Å². The van der Waals surface area contributed by atoms with Gasteiger partial charge in [0.1, 0.15) is 0 Å². The van der Waals surface area contributed by atoms with Crippen LogP contribution >= 0.6 is 11.3 Å². The van der Waals surface area contributed by atoms with Gasteiger partial charge in [0.05, 0.1) is 15.2 Å². The maximum absolute atomic E-state index is 4.78. The van der Waals surface area contributed by atoms with E-state index in [1.54, 1.807) is 0 Å². The first-order valence-corrected chi connectivity index (χ1v) is 8.64. The fourth-order valence-electron chi connectivity index (χ4n) is 2.66. The predicted molar refractivity (Wildman–Crippen MR) is 89.5 cm³/mol. The van der Waals surface area contributed by atoms with Crippen molar-refractivity contribution in [3.8, 4) is 0 Å². The molecule has 20 heavy (non-hydrogen) atoms. The molecule has 1 N–H and O–H groups in total. The maximum Gasteiger partial charge on any atom is 0.0954 e. The van der Waals surface area contributed by atoms with Crippen LogP contribution in [0.25, 0.3) is 10.2 Å². The maximum atomic E-state index is 4.78. The Morgan fingerprint density at radius 3 is 2.70 bits per heavy atom. The Kier molecular flexibility index (Phi) is 5.99. The van der Waals surface area contributed by atoms with Gasteiger partial charge in [0.2, 0.25) is 0 Å². The highest BCUT2D eigenvalue weighted by Crippen LogP contribution is 2.24. The van der Waals surface area contributed by atoms with Gasteiger partial charge in [0, 0.05) is 12.5 Å². The van der Waals surface area contributed by atoms with Crippen LogP contribution < -0.4 is 5.32 Å². The highest BCUT2D eigenvalue weighted by Gasteiger charge is 2.18. The summed E-state index contributed by atoms with van der Waals surface area (Å²) in [5, 5.41) is 4.98. The number of benzene rings is 1. The minimum Gasteiger partial charge on any atom is -0.313 e. The van der Waals surface area contributed by atoms with Crippen LogP contribution in [0.2, 0.25) is 0 Å². The third kappa shape index (κ3) is 4.03. The summed E-state index contributed by atoms with van der Waals surface area (Å²) >= 11 is 1.84. The van der Waals surface area contributed by atoms with E-state index in [1.165, 1.54) is 29.0 Å². The van der Waals surface area contributed by atoms with E-state index in [0.717, 1.165) is 18.5 Å². The molecule has 0 aliphatic heterocycles. The van der Waals surface area contributed by atoms with Crippen molar-refractivity contribution in [3.05, 3.63) is 29.3 Å². The molecule has 1 heterocycles. The summed E-state index contributed by atoms with van der Waals surface area (Å²) in [5.41, 5.74) is 1.14. The molecule has 2 nitrogen and oxygen atoms in total. The van der Waals surface area contributed by atoms with Crippen LogP contribution in [0.1, 0.15) is 45.0 Å². The standard InChI is InChI=1S/C17H26N2S/c1-4-8-13(3)15(18-11-5-2)12-17-19-14-9-6-7-10-16(14)20-17/h6-7,9-10,13,15,18H,4-5,8,11-12H2,1-3H3. The van der Waals surface area contributed by atoms with E-state index in [9.17, 15) is 0 Å². The van der Waals surface area contributed by atoms with Gasteiger partial charge in [-0.15, -0.1) is 11.3 Å². The molecule has 1 aromatic heterocycles. The molecule has 110 valence electrons. The van der Waals surface area contributed by atoms with E-state index in [2.05, 4.69) is 50.4 Å². The molecule has 2 atom stereocenters. The minimum atomic E-state index is 0.551. The molecule has 1 aromatic carbocycles. The fraction of sp³-hybridized carbons (Fsp3) is 0.588. The molecule has 2 unspecified atom stereocenters. The SMILES string of the molecule is CCCNC(Cc1nc2ccccc2s1)C(C)CCC. The van der Waals surface area contributed by atoms with Crippen molar-refractivity contribution in [2.45, 2.75) is 52.5 Å². The Morgan fingerprint density at radius 2 is 2.00 bits per heavy atom. The van der Waals surface area contributed by atoms with Gasteiger partial charge in [0.15, 0.2) is 0 Å². The van der Waals surface area contributed by atoms with Crippen molar-refractivity contribution >= 4 is 21.6 Å². The molecule has 0 fully saturated rings. The number of para-hydroxylation sites is 1. The molecule has 0 saturated carbocycles. The average Bonchev–Trinajstić information content (AvgIpc) is 2.86. The lowest BCUT2D eigenvalue weighted by atomic mass is 9.94. The van der Waals surface area contributed by atoms with Gasteiger partial charge in [-0.2, -0.15) is 0 Å². The number of aromatic nitrogens is 1. The monoisotopic (exact) mass is 290 g/mol. The minimum absolute atomic E-state index is 0.551. The second-order valence-electron chi connectivity index (χ2n) is 5.61. The van der Waals surface area contributed by atoms with Crippen molar-refractivity contribution in [2.75, 3.05) is 6.54 Å². The number of nitrogens with one attached hydrogen (secondary N) is 1. The Bertz CT molecular complexity index is 487. The molecule has 2 aromatic rings. The first-order valence-electron chi connectivity index (χ1n) is 7.82. The van der Waals surface area contributed by atoms with Crippen LogP contribution in [0.15, 0.2) is 24.3 Å². The summed E-state index contributed by atoms with van der Waals surface area (Å²) in [4.78, 5) is 4.78. The number of thiazole rings is 1. The molecular formula is C17H26N2S. The second-order valence-corrected chi connectivity index (χ2v) is 6.72. The van der Waals surface area contributed by atoms with Gasteiger partial charge < -0.3 is 5.32 Å². The third-order valence-corrected chi connectivity index (χ3v) is 4.88. The second kappa shape index (κ2) is 7.75. The van der Waals surface area contributed by atoms with Crippen molar-refractivity contribution in [1.29, 1.82) is 0 Å². The molecular weight excluding hydrogens is 264 g/mol. The normalized spacial score (nSPS) is 14.6. The summed E-state index contributed by atoms with van der Waals surface area (Å²) in [6.45, 7) is 7.96. The molecule has 0 radical (unpaired) electrons. The first-order chi connectivity index (χ1) is 9.74. The van der Waals surface area contributed by atoms with E-state index < -0.39 is 0 Å². The zero-order chi connectivity index (χ0) is 14.4. The van der Waals surface area contributed by atoms with Crippen molar-refractivity contribution in [2.24, 2.45) is 5.92 Å². The molecule has 0 bridgehead atoms. The van der Waals surface area contributed by atoms with Gasteiger partial charge in [-0.3, -0.25) is 0 Å². The van der Waals surface area contributed by atoms with Crippen molar-refractivity contribution in [1.82, 2.24) is 10.3 Å². The predicted octanol–water partition coefficient (Wildman–Crippen LogP) is 4.64. The van der Waals surface area contributed by atoms with Gasteiger partial charge in [-0.05, 0) is 37.4 Å². The largest absolute Gasteiger partial charge is 0.313 e. The molecule has 2 rings (SSSR count). The van der Waals surface area contributed by atoms with E-state index in [1.807, 2.05) is 11.3 Å². The molecule has 3 heteroatoms. The number of fused-ring (bicyclic) bond motifs is 1. The Morgan fingerprint density at radius 1 is 1.20 bits per heavy atom. The zero-order valence-electron chi connectivity index (χ0n) is 12.9. The smallest absolute Gasteiger partial charge is 0.0954 e. The Balaban J connectivity index is 2.08. The van der Waals surface area contributed by atoms with Gasteiger partial charge >= 0.3 is 0 Å². The van der Waals surface area contributed by atoms with Crippen molar-refractivity contribution in [3.63, 3.8) is 0 Å².